The third-order valence-corrected chi connectivity index (χ3v) is 4.20. The van der Waals surface area contributed by atoms with Crippen LogP contribution < -0.4 is 5.73 Å². The maximum atomic E-state index is 12.7. The van der Waals surface area contributed by atoms with Crippen molar-refractivity contribution in [1.29, 1.82) is 0 Å². The molecule has 0 aromatic heterocycles. The summed E-state index contributed by atoms with van der Waals surface area (Å²) >= 11 is 0. The van der Waals surface area contributed by atoms with Gasteiger partial charge in [-0.3, -0.25) is 4.79 Å². The minimum absolute atomic E-state index is 0.0509. The average molecular weight is 274 g/mol. The van der Waals surface area contributed by atoms with Crippen molar-refractivity contribution in [3.05, 3.63) is 35.9 Å². The Bertz CT molecular complexity index is 453. The lowest BCUT2D eigenvalue weighted by molar-refractivity contribution is -0.135. The normalized spacial score (nSPS) is 22.1. The summed E-state index contributed by atoms with van der Waals surface area (Å²) in [7, 11) is 0. The largest absolute Gasteiger partial charge is 0.341 e. The lowest BCUT2D eigenvalue weighted by atomic mass is 9.91. The number of likely N-dealkylation sites (tertiary alicyclic amines) is 1. The van der Waals surface area contributed by atoms with Crippen LogP contribution in [0.5, 0.6) is 0 Å². The molecule has 1 saturated heterocycles. The molecule has 0 radical (unpaired) electrons. The number of amides is 1. The number of carbonyl (C=O) groups excluding carboxylic acids is 1. The Morgan fingerprint density at radius 1 is 1.40 bits per heavy atom. The average Bonchev–Trinajstić information content (AvgIpc) is 2.86. The molecule has 3 nitrogen and oxygen atoms in total. The Morgan fingerprint density at radius 3 is 2.65 bits per heavy atom. The zero-order valence-corrected chi connectivity index (χ0v) is 12.8. The third-order valence-electron chi connectivity index (χ3n) is 4.20. The second-order valence-corrected chi connectivity index (χ2v) is 6.60. The molecule has 1 aliphatic heterocycles. The number of benzene rings is 1. The van der Waals surface area contributed by atoms with Crippen molar-refractivity contribution in [3.8, 4) is 0 Å². The minimum atomic E-state index is -0.923. The Kier molecular flexibility index (Phi) is 4.48. The zero-order chi connectivity index (χ0) is 14.8. The van der Waals surface area contributed by atoms with Gasteiger partial charge in [0.15, 0.2) is 0 Å². The summed E-state index contributed by atoms with van der Waals surface area (Å²) in [5.41, 5.74) is 6.28. The number of hydrogen-bond acceptors (Lipinski definition) is 2. The van der Waals surface area contributed by atoms with Gasteiger partial charge in [-0.1, -0.05) is 44.2 Å². The van der Waals surface area contributed by atoms with E-state index in [9.17, 15) is 4.79 Å². The monoisotopic (exact) mass is 274 g/mol. The van der Waals surface area contributed by atoms with Crippen LogP contribution in [0.15, 0.2) is 30.3 Å². The first-order valence-corrected chi connectivity index (χ1v) is 7.55. The Hall–Kier alpha value is -1.35. The molecule has 1 fully saturated rings. The predicted molar refractivity (Wildman–Crippen MR) is 82.1 cm³/mol. The van der Waals surface area contributed by atoms with Crippen molar-refractivity contribution < 1.29 is 4.79 Å². The smallest absolute Gasteiger partial charge is 0.246 e. The minimum Gasteiger partial charge on any atom is -0.341 e. The fraction of sp³-hybridized carbons (Fsp3) is 0.588. The van der Waals surface area contributed by atoms with Crippen molar-refractivity contribution in [2.24, 2.45) is 17.6 Å². The fourth-order valence-electron chi connectivity index (χ4n) is 3.11. The SMILES string of the molecule is CC(C)CC1CCN(C(=O)C(C)(N)c2ccccc2)C1. The maximum absolute atomic E-state index is 12.7. The van der Waals surface area contributed by atoms with Crippen molar-refractivity contribution in [1.82, 2.24) is 4.90 Å². The summed E-state index contributed by atoms with van der Waals surface area (Å²) in [5, 5.41) is 0. The number of nitrogens with zero attached hydrogens (tertiary/aromatic N) is 1. The molecule has 1 heterocycles. The molecular weight excluding hydrogens is 248 g/mol. The topological polar surface area (TPSA) is 46.3 Å². The second-order valence-electron chi connectivity index (χ2n) is 6.60. The van der Waals surface area contributed by atoms with E-state index in [4.69, 9.17) is 5.73 Å². The molecule has 0 bridgehead atoms. The van der Waals surface area contributed by atoms with E-state index in [1.807, 2.05) is 42.2 Å². The molecule has 3 heteroatoms. The van der Waals surface area contributed by atoms with Crippen LogP contribution in [0.2, 0.25) is 0 Å². The van der Waals surface area contributed by atoms with Crippen molar-refractivity contribution in [2.45, 2.75) is 39.2 Å². The summed E-state index contributed by atoms with van der Waals surface area (Å²) in [4.78, 5) is 14.6. The molecule has 110 valence electrons. The number of rotatable bonds is 4. The highest BCUT2D eigenvalue weighted by Gasteiger charge is 2.37. The van der Waals surface area contributed by atoms with Crippen molar-refractivity contribution >= 4 is 5.91 Å². The van der Waals surface area contributed by atoms with Crippen LogP contribution in [0.25, 0.3) is 0 Å². The van der Waals surface area contributed by atoms with Crippen LogP contribution in [0.3, 0.4) is 0 Å². The van der Waals surface area contributed by atoms with E-state index >= 15 is 0 Å². The van der Waals surface area contributed by atoms with E-state index in [-0.39, 0.29) is 5.91 Å². The molecule has 1 amide bonds. The first kappa shape index (κ1) is 15.0. The summed E-state index contributed by atoms with van der Waals surface area (Å²) < 4.78 is 0. The van der Waals surface area contributed by atoms with Gasteiger partial charge in [-0.25, -0.2) is 0 Å². The van der Waals surface area contributed by atoms with E-state index in [0.29, 0.717) is 11.8 Å². The molecule has 2 unspecified atom stereocenters. The van der Waals surface area contributed by atoms with E-state index < -0.39 is 5.54 Å². The number of hydrogen-bond donors (Lipinski definition) is 1. The van der Waals surface area contributed by atoms with E-state index in [1.165, 1.54) is 6.42 Å². The van der Waals surface area contributed by atoms with Gasteiger partial charge in [-0.15, -0.1) is 0 Å². The van der Waals surface area contributed by atoms with Gasteiger partial charge < -0.3 is 10.6 Å². The molecule has 1 aromatic carbocycles. The van der Waals surface area contributed by atoms with Gasteiger partial charge in [0, 0.05) is 13.1 Å². The van der Waals surface area contributed by atoms with Gasteiger partial charge in [-0.2, -0.15) is 0 Å². The lowest BCUT2D eigenvalue weighted by Gasteiger charge is -2.29. The number of nitrogens with two attached hydrogens (primary N) is 1. The van der Waals surface area contributed by atoms with Gasteiger partial charge in [0.1, 0.15) is 5.54 Å². The summed E-state index contributed by atoms with van der Waals surface area (Å²) in [6, 6.07) is 9.66. The summed E-state index contributed by atoms with van der Waals surface area (Å²) in [6.07, 6.45) is 2.30. The molecule has 1 aromatic rings. The van der Waals surface area contributed by atoms with Crippen LogP contribution in [0.4, 0.5) is 0 Å². The quantitative estimate of drug-likeness (QED) is 0.917. The summed E-state index contributed by atoms with van der Waals surface area (Å²) in [6.45, 7) is 8.00. The fourth-order valence-corrected chi connectivity index (χ4v) is 3.11. The van der Waals surface area contributed by atoms with Gasteiger partial charge in [0.05, 0.1) is 0 Å². The summed E-state index contributed by atoms with van der Waals surface area (Å²) in [5.74, 6) is 1.37. The first-order chi connectivity index (χ1) is 9.41. The molecule has 2 N–H and O–H groups in total. The van der Waals surface area contributed by atoms with Gasteiger partial charge in [-0.05, 0) is 37.2 Å². The maximum Gasteiger partial charge on any atom is 0.246 e. The Balaban J connectivity index is 2.05. The van der Waals surface area contributed by atoms with Gasteiger partial charge >= 0.3 is 0 Å². The van der Waals surface area contributed by atoms with E-state index in [0.717, 1.165) is 25.1 Å². The zero-order valence-electron chi connectivity index (χ0n) is 12.8. The highest BCUT2D eigenvalue weighted by atomic mass is 16.2. The lowest BCUT2D eigenvalue weighted by Crippen LogP contribution is -2.50. The molecule has 1 aliphatic rings. The van der Waals surface area contributed by atoms with Gasteiger partial charge in [0.2, 0.25) is 5.91 Å². The predicted octanol–water partition coefficient (Wildman–Crippen LogP) is 2.76. The Morgan fingerprint density at radius 2 is 2.05 bits per heavy atom. The molecule has 0 saturated carbocycles. The second kappa shape index (κ2) is 5.96. The van der Waals surface area contributed by atoms with Gasteiger partial charge in [0.25, 0.3) is 0 Å². The first-order valence-electron chi connectivity index (χ1n) is 7.55. The van der Waals surface area contributed by atoms with E-state index in [1.54, 1.807) is 0 Å². The van der Waals surface area contributed by atoms with Crippen LogP contribution in [-0.2, 0) is 10.3 Å². The molecule has 0 aliphatic carbocycles. The molecular formula is C17H26N2O. The van der Waals surface area contributed by atoms with Crippen LogP contribution in [-0.4, -0.2) is 23.9 Å². The molecule has 2 atom stereocenters. The van der Waals surface area contributed by atoms with Crippen molar-refractivity contribution in [3.63, 3.8) is 0 Å². The van der Waals surface area contributed by atoms with Crippen molar-refractivity contribution in [2.75, 3.05) is 13.1 Å². The molecule has 0 spiro atoms. The van der Waals surface area contributed by atoms with Crippen LogP contribution in [0.1, 0.15) is 39.2 Å². The highest BCUT2D eigenvalue weighted by molar-refractivity contribution is 5.87. The van der Waals surface area contributed by atoms with Crippen LogP contribution in [0, 0.1) is 11.8 Å². The number of carbonyl (C=O) groups is 1. The molecule has 20 heavy (non-hydrogen) atoms. The van der Waals surface area contributed by atoms with Crippen LogP contribution >= 0.6 is 0 Å². The van der Waals surface area contributed by atoms with E-state index in [2.05, 4.69) is 13.8 Å². The molecule has 2 rings (SSSR count). The highest BCUT2D eigenvalue weighted by Crippen LogP contribution is 2.27. The third kappa shape index (κ3) is 3.21. The standard InChI is InChI=1S/C17H26N2O/c1-13(2)11-14-9-10-19(12-14)16(20)17(3,18)15-7-5-4-6-8-15/h4-8,13-14H,9-12,18H2,1-3H3. The Labute approximate surface area is 122 Å².